The van der Waals surface area contributed by atoms with Gasteiger partial charge >= 0.3 is 0 Å². The van der Waals surface area contributed by atoms with Crippen molar-refractivity contribution >= 4 is 23.2 Å². The summed E-state index contributed by atoms with van der Waals surface area (Å²) in [5.41, 5.74) is 1.03. The van der Waals surface area contributed by atoms with Crippen LogP contribution in [-0.4, -0.2) is 72.3 Å². The van der Waals surface area contributed by atoms with Gasteiger partial charge in [0.15, 0.2) is 0 Å². The minimum Gasteiger partial charge on any atom is -0.366 e. The highest BCUT2D eigenvalue weighted by molar-refractivity contribution is 6.33. The van der Waals surface area contributed by atoms with Crippen LogP contribution in [0.25, 0.3) is 5.69 Å². The molecule has 0 spiro atoms. The number of carbonyl (C=O) groups excluding carboxylic acids is 1. The monoisotopic (exact) mass is 389 g/mol. The first-order valence-corrected chi connectivity index (χ1v) is 9.36. The normalized spacial score (nSPS) is 15.0. The van der Waals surface area contributed by atoms with E-state index in [9.17, 15) is 9.59 Å². The van der Waals surface area contributed by atoms with E-state index in [-0.39, 0.29) is 16.5 Å². The van der Waals surface area contributed by atoms with Gasteiger partial charge in [-0.3, -0.25) is 14.5 Å². The molecule has 8 heteroatoms. The number of hydrogen-bond donors (Lipinski definition) is 0. The SMILES string of the molecule is CN(C)C(=O)CCN1CCN(c2cnn(-c3ccccc3)c(=O)c2Cl)CC1. The van der Waals surface area contributed by atoms with Crippen LogP contribution in [0.15, 0.2) is 41.3 Å². The predicted octanol–water partition coefficient (Wildman–Crippen LogP) is 1.49. The number of aromatic nitrogens is 2. The second-order valence-corrected chi connectivity index (χ2v) is 7.14. The predicted molar refractivity (Wildman–Crippen MR) is 107 cm³/mol. The van der Waals surface area contributed by atoms with Crippen LogP contribution in [0.2, 0.25) is 5.02 Å². The number of benzene rings is 1. The quantitative estimate of drug-likeness (QED) is 0.775. The van der Waals surface area contributed by atoms with Crippen LogP contribution in [0.1, 0.15) is 6.42 Å². The standard InChI is InChI=1S/C19H24ClN5O2/c1-22(2)17(26)8-9-23-10-12-24(13-11-23)16-14-21-25(19(27)18(16)20)15-6-4-3-5-7-15/h3-7,14H,8-13H2,1-2H3. The first-order valence-electron chi connectivity index (χ1n) is 8.98. The Balaban J connectivity index is 1.66. The third kappa shape index (κ3) is 4.48. The van der Waals surface area contributed by atoms with Crippen molar-refractivity contribution in [2.75, 3.05) is 51.7 Å². The fraction of sp³-hybridized carbons (Fsp3) is 0.421. The van der Waals surface area contributed by atoms with Gasteiger partial charge in [0.05, 0.1) is 17.6 Å². The summed E-state index contributed by atoms with van der Waals surface area (Å²) in [4.78, 5) is 30.3. The van der Waals surface area contributed by atoms with Crippen molar-refractivity contribution in [3.8, 4) is 5.69 Å². The molecule has 7 nitrogen and oxygen atoms in total. The Labute approximate surface area is 163 Å². The zero-order valence-electron chi connectivity index (χ0n) is 15.6. The number of carbonyl (C=O) groups is 1. The maximum atomic E-state index is 12.6. The third-order valence-corrected chi connectivity index (χ3v) is 5.11. The Bertz CT molecular complexity index is 845. The Kier molecular flexibility index (Phi) is 6.13. The van der Waals surface area contributed by atoms with Gasteiger partial charge in [-0.25, -0.2) is 0 Å². The van der Waals surface area contributed by atoms with Crippen LogP contribution in [0.3, 0.4) is 0 Å². The van der Waals surface area contributed by atoms with Gasteiger partial charge in [0.2, 0.25) is 5.91 Å². The molecule has 0 radical (unpaired) electrons. The summed E-state index contributed by atoms with van der Waals surface area (Å²) in [5.74, 6) is 0.134. The van der Waals surface area contributed by atoms with Crippen LogP contribution in [0, 0.1) is 0 Å². The minimum atomic E-state index is -0.320. The van der Waals surface area contributed by atoms with Gasteiger partial charge in [-0.05, 0) is 12.1 Å². The number of anilines is 1. The van der Waals surface area contributed by atoms with Crippen molar-refractivity contribution in [2.45, 2.75) is 6.42 Å². The van der Waals surface area contributed by atoms with Gasteiger partial charge in [0, 0.05) is 53.2 Å². The molecular formula is C19H24ClN5O2. The Morgan fingerprint density at radius 2 is 1.81 bits per heavy atom. The van der Waals surface area contributed by atoms with E-state index in [0.717, 1.165) is 32.7 Å². The van der Waals surface area contributed by atoms with Gasteiger partial charge in [-0.1, -0.05) is 29.8 Å². The molecule has 144 valence electrons. The van der Waals surface area contributed by atoms with Crippen molar-refractivity contribution in [3.05, 3.63) is 51.9 Å². The second kappa shape index (κ2) is 8.54. The molecule has 0 bridgehead atoms. The molecule has 0 aliphatic carbocycles. The zero-order valence-corrected chi connectivity index (χ0v) is 16.4. The molecule has 2 aromatic rings. The van der Waals surface area contributed by atoms with E-state index in [1.54, 1.807) is 25.2 Å². The largest absolute Gasteiger partial charge is 0.366 e. The van der Waals surface area contributed by atoms with E-state index in [0.29, 0.717) is 17.8 Å². The van der Waals surface area contributed by atoms with E-state index in [4.69, 9.17) is 11.6 Å². The lowest BCUT2D eigenvalue weighted by Crippen LogP contribution is -2.47. The first kappa shape index (κ1) is 19.4. The highest BCUT2D eigenvalue weighted by Gasteiger charge is 2.22. The molecule has 1 aliphatic heterocycles. The summed E-state index contributed by atoms with van der Waals surface area (Å²) < 4.78 is 1.31. The van der Waals surface area contributed by atoms with E-state index >= 15 is 0 Å². The number of hydrogen-bond acceptors (Lipinski definition) is 5. The first-order chi connectivity index (χ1) is 13.0. The molecule has 1 aliphatic rings. The molecule has 0 unspecified atom stereocenters. The average Bonchev–Trinajstić information content (AvgIpc) is 2.69. The molecule has 0 atom stereocenters. The molecule has 1 saturated heterocycles. The molecule has 1 amide bonds. The molecule has 1 aromatic heterocycles. The molecule has 1 aromatic carbocycles. The Morgan fingerprint density at radius 1 is 1.15 bits per heavy atom. The van der Waals surface area contributed by atoms with E-state index in [2.05, 4.69) is 14.9 Å². The number of nitrogens with zero attached hydrogens (tertiary/aromatic N) is 5. The summed E-state index contributed by atoms with van der Waals surface area (Å²) in [5, 5.41) is 4.48. The zero-order chi connectivity index (χ0) is 19.4. The number of halogens is 1. The van der Waals surface area contributed by atoms with Gasteiger partial charge in [0.25, 0.3) is 5.56 Å². The maximum Gasteiger partial charge on any atom is 0.292 e. The van der Waals surface area contributed by atoms with Crippen molar-refractivity contribution < 1.29 is 4.79 Å². The lowest BCUT2D eigenvalue weighted by molar-refractivity contribution is -0.129. The van der Waals surface area contributed by atoms with Gasteiger partial charge in [-0.2, -0.15) is 9.78 Å². The van der Waals surface area contributed by atoms with Gasteiger partial charge in [-0.15, -0.1) is 0 Å². The van der Waals surface area contributed by atoms with E-state index in [1.165, 1.54) is 4.68 Å². The van der Waals surface area contributed by atoms with E-state index < -0.39 is 0 Å². The average molecular weight is 390 g/mol. The topological polar surface area (TPSA) is 61.7 Å². The molecular weight excluding hydrogens is 366 g/mol. The van der Waals surface area contributed by atoms with Crippen LogP contribution in [-0.2, 0) is 4.79 Å². The highest BCUT2D eigenvalue weighted by Crippen LogP contribution is 2.23. The van der Waals surface area contributed by atoms with Gasteiger partial charge in [0.1, 0.15) is 5.02 Å². The fourth-order valence-electron chi connectivity index (χ4n) is 3.09. The number of amides is 1. The second-order valence-electron chi connectivity index (χ2n) is 6.76. The van der Waals surface area contributed by atoms with E-state index in [1.807, 2.05) is 30.3 Å². The van der Waals surface area contributed by atoms with Crippen LogP contribution < -0.4 is 10.5 Å². The van der Waals surface area contributed by atoms with Gasteiger partial charge < -0.3 is 9.80 Å². The molecule has 2 heterocycles. The summed E-state index contributed by atoms with van der Waals surface area (Å²) in [6, 6.07) is 9.23. The van der Waals surface area contributed by atoms with Crippen molar-refractivity contribution in [2.24, 2.45) is 0 Å². The smallest absolute Gasteiger partial charge is 0.292 e. The van der Waals surface area contributed by atoms with Crippen LogP contribution >= 0.6 is 11.6 Å². The van der Waals surface area contributed by atoms with Crippen molar-refractivity contribution in [1.29, 1.82) is 0 Å². The maximum absolute atomic E-state index is 12.6. The Hall–Kier alpha value is -2.38. The number of para-hydroxylation sites is 1. The lowest BCUT2D eigenvalue weighted by atomic mass is 10.2. The minimum absolute atomic E-state index is 0.134. The molecule has 1 fully saturated rings. The molecule has 0 N–H and O–H groups in total. The number of rotatable bonds is 5. The molecule has 27 heavy (non-hydrogen) atoms. The van der Waals surface area contributed by atoms with Crippen LogP contribution in [0.5, 0.6) is 0 Å². The molecule has 3 rings (SSSR count). The summed E-state index contributed by atoms with van der Waals surface area (Å²) in [7, 11) is 3.54. The molecule has 0 saturated carbocycles. The number of piperazine rings is 1. The fourth-order valence-corrected chi connectivity index (χ4v) is 3.34. The van der Waals surface area contributed by atoms with Crippen LogP contribution in [0.4, 0.5) is 5.69 Å². The summed E-state index contributed by atoms with van der Waals surface area (Å²) >= 11 is 6.38. The summed E-state index contributed by atoms with van der Waals surface area (Å²) in [6.45, 7) is 3.86. The lowest BCUT2D eigenvalue weighted by Gasteiger charge is -2.36. The Morgan fingerprint density at radius 3 is 2.44 bits per heavy atom. The van der Waals surface area contributed by atoms with Crippen molar-refractivity contribution in [3.63, 3.8) is 0 Å². The summed E-state index contributed by atoms with van der Waals surface area (Å²) in [6.07, 6.45) is 2.17. The third-order valence-electron chi connectivity index (χ3n) is 4.75. The highest BCUT2D eigenvalue weighted by atomic mass is 35.5. The van der Waals surface area contributed by atoms with Crippen molar-refractivity contribution in [1.82, 2.24) is 19.6 Å².